The number of halogens is 1. The molecule has 0 unspecified atom stereocenters. The molecular weight excluding hydrogens is 390 g/mol. The minimum atomic E-state index is -0.408. The van der Waals surface area contributed by atoms with Gasteiger partial charge in [-0.05, 0) is 62.6 Å². The zero-order valence-corrected chi connectivity index (χ0v) is 17.5. The molecule has 1 heterocycles. The molecule has 0 saturated carbocycles. The Labute approximate surface area is 174 Å². The van der Waals surface area contributed by atoms with Crippen LogP contribution in [-0.2, 0) is 11.3 Å². The Balaban J connectivity index is 1.71. The number of hydrogen-bond donors (Lipinski definition) is 2. The minimum Gasteiger partial charge on any atom is -0.324 e. The maximum absolute atomic E-state index is 12.6. The summed E-state index contributed by atoms with van der Waals surface area (Å²) in [6, 6.07) is 11.1. The maximum Gasteiger partial charge on any atom is 0.278 e. The van der Waals surface area contributed by atoms with Crippen molar-refractivity contribution in [3.05, 3.63) is 69.5 Å². The van der Waals surface area contributed by atoms with Gasteiger partial charge in [0.25, 0.3) is 5.91 Å². The van der Waals surface area contributed by atoms with Gasteiger partial charge >= 0.3 is 0 Å². The van der Waals surface area contributed by atoms with E-state index in [4.69, 9.17) is 11.6 Å². The SMILES string of the molecule is Cc1ccc(C)c(NC(=O)Cn2nnc(C(=O)Nc3cc(Cl)ccc3C)c2C)c1. The molecular formula is C21H22ClN5O2. The largest absolute Gasteiger partial charge is 0.324 e. The Hall–Kier alpha value is -3.19. The summed E-state index contributed by atoms with van der Waals surface area (Å²) < 4.78 is 1.40. The van der Waals surface area contributed by atoms with Crippen molar-refractivity contribution >= 4 is 34.8 Å². The van der Waals surface area contributed by atoms with Crippen molar-refractivity contribution in [1.82, 2.24) is 15.0 Å². The van der Waals surface area contributed by atoms with Crippen LogP contribution in [0.2, 0.25) is 5.02 Å². The predicted octanol–water partition coefficient (Wildman–Crippen LogP) is 4.06. The number of nitrogens with one attached hydrogen (secondary N) is 2. The maximum atomic E-state index is 12.6. The highest BCUT2D eigenvalue weighted by molar-refractivity contribution is 6.31. The molecule has 29 heavy (non-hydrogen) atoms. The standard InChI is InChI=1S/C21H22ClN5O2/c1-12-5-6-13(2)17(9-12)23-19(28)11-27-15(4)20(25-26-27)21(29)24-18-10-16(22)8-7-14(18)3/h5-10H,11H2,1-4H3,(H,23,28)(H,24,29). The zero-order chi connectivity index (χ0) is 21.1. The first-order chi connectivity index (χ1) is 13.7. The van der Waals surface area contributed by atoms with E-state index in [-0.39, 0.29) is 18.1 Å². The second-order valence-corrected chi connectivity index (χ2v) is 7.40. The van der Waals surface area contributed by atoms with Crippen molar-refractivity contribution in [3.8, 4) is 0 Å². The van der Waals surface area contributed by atoms with Gasteiger partial charge in [0.1, 0.15) is 6.54 Å². The van der Waals surface area contributed by atoms with Crippen LogP contribution in [0.15, 0.2) is 36.4 Å². The molecule has 0 aliphatic rings. The first-order valence-electron chi connectivity index (χ1n) is 9.09. The highest BCUT2D eigenvalue weighted by atomic mass is 35.5. The fourth-order valence-electron chi connectivity index (χ4n) is 2.83. The molecule has 0 aliphatic carbocycles. The summed E-state index contributed by atoms with van der Waals surface area (Å²) >= 11 is 6.00. The second kappa shape index (κ2) is 8.45. The van der Waals surface area contributed by atoms with Crippen molar-refractivity contribution < 1.29 is 9.59 Å². The summed E-state index contributed by atoms with van der Waals surface area (Å²) in [5, 5.41) is 14.1. The van der Waals surface area contributed by atoms with Crippen molar-refractivity contribution in [2.75, 3.05) is 10.6 Å². The Kier molecular flexibility index (Phi) is 5.98. The van der Waals surface area contributed by atoms with Crippen LogP contribution in [-0.4, -0.2) is 26.8 Å². The Morgan fingerprint density at radius 1 is 0.966 bits per heavy atom. The number of rotatable bonds is 5. The van der Waals surface area contributed by atoms with Crippen LogP contribution in [0.25, 0.3) is 0 Å². The fourth-order valence-corrected chi connectivity index (χ4v) is 3.00. The predicted molar refractivity (Wildman–Crippen MR) is 113 cm³/mol. The normalized spacial score (nSPS) is 10.7. The van der Waals surface area contributed by atoms with Crippen molar-refractivity contribution in [1.29, 1.82) is 0 Å². The van der Waals surface area contributed by atoms with Gasteiger partial charge in [0.15, 0.2) is 5.69 Å². The summed E-state index contributed by atoms with van der Waals surface area (Å²) in [6.45, 7) is 7.41. The van der Waals surface area contributed by atoms with Crippen LogP contribution in [0.1, 0.15) is 32.9 Å². The Morgan fingerprint density at radius 3 is 2.34 bits per heavy atom. The summed E-state index contributed by atoms with van der Waals surface area (Å²) in [5.41, 5.74) is 4.91. The smallest absolute Gasteiger partial charge is 0.278 e. The van der Waals surface area contributed by atoms with Gasteiger partial charge < -0.3 is 10.6 Å². The molecule has 2 aromatic carbocycles. The van der Waals surface area contributed by atoms with Gasteiger partial charge in [-0.25, -0.2) is 4.68 Å². The highest BCUT2D eigenvalue weighted by Gasteiger charge is 2.19. The van der Waals surface area contributed by atoms with E-state index < -0.39 is 5.91 Å². The van der Waals surface area contributed by atoms with Gasteiger partial charge in [-0.3, -0.25) is 9.59 Å². The highest BCUT2D eigenvalue weighted by Crippen LogP contribution is 2.21. The quantitative estimate of drug-likeness (QED) is 0.662. The third kappa shape index (κ3) is 4.81. The fraction of sp³-hybridized carbons (Fsp3) is 0.238. The monoisotopic (exact) mass is 411 g/mol. The topological polar surface area (TPSA) is 88.9 Å². The number of benzene rings is 2. The zero-order valence-electron chi connectivity index (χ0n) is 16.7. The molecule has 0 fully saturated rings. The lowest BCUT2D eigenvalue weighted by Crippen LogP contribution is -2.21. The van der Waals surface area contributed by atoms with Gasteiger partial charge in [-0.2, -0.15) is 0 Å². The summed E-state index contributed by atoms with van der Waals surface area (Å²) in [6.07, 6.45) is 0. The molecule has 0 atom stereocenters. The third-order valence-electron chi connectivity index (χ3n) is 4.61. The lowest BCUT2D eigenvalue weighted by Gasteiger charge is -2.10. The molecule has 2 N–H and O–H groups in total. The molecule has 0 saturated heterocycles. The molecule has 8 heteroatoms. The van der Waals surface area contributed by atoms with E-state index in [0.29, 0.717) is 16.4 Å². The van der Waals surface area contributed by atoms with Crippen LogP contribution >= 0.6 is 11.6 Å². The summed E-state index contributed by atoms with van der Waals surface area (Å²) in [5.74, 6) is -0.654. The molecule has 1 aromatic heterocycles. The van der Waals surface area contributed by atoms with Gasteiger partial charge in [0.2, 0.25) is 5.91 Å². The van der Waals surface area contributed by atoms with Gasteiger partial charge in [-0.15, -0.1) is 5.10 Å². The van der Waals surface area contributed by atoms with Gasteiger partial charge in [0.05, 0.1) is 5.69 Å². The average molecular weight is 412 g/mol. The van der Waals surface area contributed by atoms with Crippen LogP contribution in [0, 0.1) is 27.7 Å². The van der Waals surface area contributed by atoms with Crippen molar-refractivity contribution in [2.24, 2.45) is 0 Å². The lowest BCUT2D eigenvalue weighted by molar-refractivity contribution is -0.117. The number of nitrogens with zero attached hydrogens (tertiary/aromatic N) is 3. The number of amides is 2. The molecule has 0 radical (unpaired) electrons. The van der Waals surface area contributed by atoms with Crippen LogP contribution < -0.4 is 10.6 Å². The van der Waals surface area contributed by atoms with E-state index in [1.54, 1.807) is 19.1 Å². The van der Waals surface area contributed by atoms with Crippen LogP contribution in [0.4, 0.5) is 11.4 Å². The van der Waals surface area contributed by atoms with Crippen LogP contribution in [0.5, 0.6) is 0 Å². The number of anilines is 2. The van der Waals surface area contributed by atoms with E-state index in [0.717, 1.165) is 22.4 Å². The number of aryl methyl sites for hydroxylation is 3. The second-order valence-electron chi connectivity index (χ2n) is 6.96. The van der Waals surface area contributed by atoms with Gasteiger partial charge in [-0.1, -0.05) is 35.0 Å². The summed E-state index contributed by atoms with van der Waals surface area (Å²) in [4.78, 5) is 25.0. The molecule has 2 amide bonds. The van der Waals surface area contributed by atoms with E-state index in [1.165, 1.54) is 4.68 Å². The molecule has 7 nitrogen and oxygen atoms in total. The van der Waals surface area contributed by atoms with E-state index in [2.05, 4.69) is 20.9 Å². The Bertz CT molecular complexity index is 1090. The molecule has 3 rings (SSSR count). The molecule has 0 bridgehead atoms. The van der Waals surface area contributed by atoms with Crippen molar-refractivity contribution in [3.63, 3.8) is 0 Å². The Morgan fingerprint density at radius 2 is 1.62 bits per heavy atom. The molecule has 0 spiro atoms. The molecule has 3 aromatic rings. The summed E-state index contributed by atoms with van der Waals surface area (Å²) in [7, 11) is 0. The molecule has 150 valence electrons. The first-order valence-corrected chi connectivity index (χ1v) is 9.47. The minimum absolute atomic E-state index is 0.0459. The van der Waals surface area contributed by atoms with E-state index in [9.17, 15) is 9.59 Å². The van der Waals surface area contributed by atoms with Gasteiger partial charge in [0, 0.05) is 16.4 Å². The van der Waals surface area contributed by atoms with Crippen LogP contribution in [0.3, 0.4) is 0 Å². The molecule has 0 aliphatic heterocycles. The third-order valence-corrected chi connectivity index (χ3v) is 4.84. The first kappa shape index (κ1) is 20.5. The van der Waals surface area contributed by atoms with E-state index >= 15 is 0 Å². The van der Waals surface area contributed by atoms with Crippen molar-refractivity contribution in [2.45, 2.75) is 34.2 Å². The average Bonchev–Trinajstić information content (AvgIpc) is 3.01. The lowest BCUT2D eigenvalue weighted by atomic mass is 10.1. The number of hydrogen-bond acceptors (Lipinski definition) is 4. The number of carbonyl (C=O) groups excluding carboxylic acids is 2. The van der Waals surface area contributed by atoms with E-state index in [1.807, 2.05) is 45.0 Å². The number of carbonyl (C=O) groups is 2. The number of aromatic nitrogens is 3.